The van der Waals surface area contributed by atoms with Crippen molar-refractivity contribution in [3.8, 4) is 0 Å². The number of aromatic nitrogens is 1. The minimum atomic E-state index is -0.538. The van der Waals surface area contributed by atoms with Crippen molar-refractivity contribution in [2.45, 2.75) is 6.54 Å². The number of carbonyl (C=O) groups is 2. The molecule has 1 heterocycles. The summed E-state index contributed by atoms with van der Waals surface area (Å²) in [5, 5.41) is 0.930. The number of rotatable bonds is 6. The molecule has 110 valence electrons. The summed E-state index contributed by atoms with van der Waals surface area (Å²) in [6.07, 6.45) is 0. The van der Waals surface area contributed by atoms with Crippen molar-refractivity contribution >= 4 is 28.5 Å². The number of benzene rings is 1. The molecule has 0 radical (unpaired) electrons. The number of primary amides is 2. The van der Waals surface area contributed by atoms with Crippen LogP contribution in [0.15, 0.2) is 30.3 Å². The van der Waals surface area contributed by atoms with Crippen LogP contribution in [0.5, 0.6) is 0 Å². The van der Waals surface area contributed by atoms with Crippen LogP contribution in [-0.2, 0) is 16.1 Å². The molecule has 0 aliphatic rings. The Kier molecular flexibility index (Phi) is 4.34. The first-order chi connectivity index (χ1) is 9.95. The fraction of sp³-hybridized carbons (Fsp3) is 0.214. The average molecular weight is 287 g/mol. The minimum Gasteiger partial charge on any atom is -0.383 e. The molecule has 0 aliphatic carbocycles. The van der Waals surface area contributed by atoms with E-state index in [1.807, 2.05) is 30.3 Å². The Hall–Kier alpha value is -2.67. The SMILES string of the molecule is NC(=O)CN(CC(N)=O)Cc1cc2ccccc2nc1N. The second-order valence-corrected chi connectivity index (χ2v) is 4.80. The van der Waals surface area contributed by atoms with E-state index < -0.39 is 11.8 Å². The second-order valence-electron chi connectivity index (χ2n) is 4.80. The molecular formula is C14H17N5O2. The topological polar surface area (TPSA) is 128 Å². The molecule has 0 bridgehead atoms. The van der Waals surface area contributed by atoms with E-state index in [4.69, 9.17) is 17.2 Å². The fourth-order valence-electron chi connectivity index (χ4n) is 2.15. The van der Waals surface area contributed by atoms with Gasteiger partial charge in [-0.1, -0.05) is 18.2 Å². The van der Waals surface area contributed by atoms with Gasteiger partial charge in [0.05, 0.1) is 18.6 Å². The van der Waals surface area contributed by atoms with Crippen LogP contribution in [-0.4, -0.2) is 34.8 Å². The lowest BCUT2D eigenvalue weighted by Crippen LogP contribution is -2.39. The van der Waals surface area contributed by atoms with Gasteiger partial charge in [-0.2, -0.15) is 0 Å². The molecule has 0 aliphatic heterocycles. The van der Waals surface area contributed by atoms with E-state index in [0.717, 1.165) is 16.5 Å². The number of nitrogens with two attached hydrogens (primary N) is 3. The largest absolute Gasteiger partial charge is 0.383 e. The quantitative estimate of drug-likeness (QED) is 0.665. The van der Waals surface area contributed by atoms with Crippen LogP contribution >= 0.6 is 0 Å². The number of carbonyl (C=O) groups excluding carboxylic acids is 2. The lowest BCUT2D eigenvalue weighted by molar-refractivity contribution is -0.122. The molecule has 1 aromatic heterocycles. The summed E-state index contributed by atoms with van der Waals surface area (Å²) in [6.45, 7) is 0.125. The Bertz CT molecular complexity index is 670. The van der Waals surface area contributed by atoms with Gasteiger partial charge in [0, 0.05) is 17.5 Å². The van der Waals surface area contributed by atoms with Gasteiger partial charge in [-0.25, -0.2) is 4.98 Å². The molecule has 2 amide bonds. The maximum atomic E-state index is 11.1. The first kappa shape index (κ1) is 14.7. The Labute approximate surface area is 121 Å². The van der Waals surface area contributed by atoms with Crippen molar-refractivity contribution in [3.63, 3.8) is 0 Å². The van der Waals surface area contributed by atoms with Crippen LogP contribution in [0.25, 0.3) is 10.9 Å². The number of nitrogen functional groups attached to an aromatic ring is 1. The molecule has 7 heteroatoms. The van der Waals surface area contributed by atoms with Gasteiger partial charge in [-0.3, -0.25) is 14.5 Å². The lowest BCUT2D eigenvalue weighted by atomic mass is 10.1. The summed E-state index contributed by atoms with van der Waals surface area (Å²) in [5.74, 6) is -0.722. The van der Waals surface area contributed by atoms with E-state index >= 15 is 0 Å². The van der Waals surface area contributed by atoms with E-state index in [1.165, 1.54) is 4.90 Å². The van der Waals surface area contributed by atoms with E-state index in [1.54, 1.807) is 0 Å². The van der Waals surface area contributed by atoms with Gasteiger partial charge in [-0.15, -0.1) is 0 Å². The normalized spacial score (nSPS) is 10.9. The Morgan fingerprint density at radius 1 is 1.10 bits per heavy atom. The molecule has 0 saturated carbocycles. The summed E-state index contributed by atoms with van der Waals surface area (Å²) in [5.41, 5.74) is 17.8. The van der Waals surface area contributed by atoms with Gasteiger partial charge in [-0.05, 0) is 12.1 Å². The zero-order valence-corrected chi connectivity index (χ0v) is 11.5. The summed E-state index contributed by atoms with van der Waals surface area (Å²) < 4.78 is 0. The number of para-hydroxylation sites is 1. The fourth-order valence-corrected chi connectivity index (χ4v) is 2.15. The predicted octanol–water partition coefficient (Wildman–Crippen LogP) is -0.410. The molecule has 0 spiro atoms. The van der Waals surface area contributed by atoms with E-state index in [-0.39, 0.29) is 19.6 Å². The van der Waals surface area contributed by atoms with Gasteiger partial charge >= 0.3 is 0 Å². The molecule has 0 saturated heterocycles. The van der Waals surface area contributed by atoms with Gasteiger partial charge in [0.15, 0.2) is 0 Å². The number of pyridine rings is 1. The third kappa shape index (κ3) is 3.90. The Morgan fingerprint density at radius 2 is 1.71 bits per heavy atom. The highest BCUT2D eigenvalue weighted by Gasteiger charge is 2.14. The van der Waals surface area contributed by atoms with Gasteiger partial charge < -0.3 is 17.2 Å². The maximum absolute atomic E-state index is 11.1. The zero-order chi connectivity index (χ0) is 15.4. The highest BCUT2D eigenvalue weighted by atomic mass is 16.2. The molecule has 2 aromatic rings. The molecule has 2 rings (SSSR count). The van der Waals surface area contributed by atoms with Gasteiger partial charge in [0.2, 0.25) is 11.8 Å². The lowest BCUT2D eigenvalue weighted by Gasteiger charge is -2.19. The standard InChI is InChI=1S/C14H17N5O2/c15-12(20)7-19(8-13(16)21)6-10-5-9-3-1-2-4-11(9)18-14(10)17/h1-5H,6-8H2,(H2,15,20)(H2,16,21)(H2,17,18). The number of nitrogens with zero attached hydrogens (tertiary/aromatic N) is 2. The summed E-state index contributed by atoms with van der Waals surface area (Å²) in [4.78, 5) is 28.0. The van der Waals surface area contributed by atoms with Crippen molar-refractivity contribution in [2.75, 3.05) is 18.8 Å². The average Bonchev–Trinajstić information content (AvgIpc) is 2.38. The molecular weight excluding hydrogens is 270 g/mol. The molecule has 6 N–H and O–H groups in total. The first-order valence-corrected chi connectivity index (χ1v) is 6.39. The van der Waals surface area contributed by atoms with E-state index in [2.05, 4.69) is 4.98 Å². The summed E-state index contributed by atoms with van der Waals surface area (Å²) in [7, 11) is 0. The number of anilines is 1. The minimum absolute atomic E-state index is 0.0742. The van der Waals surface area contributed by atoms with Crippen molar-refractivity contribution in [1.29, 1.82) is 0 Å². The molecule has 21 heavy (non-hydrogen) atoms. The zero-order valence-electron chi connectivity index (χ0n) is 11.5. The predicted molar refractivity (Wildman–Crippen MR) is 79.8 cm³/mol. The van der Waals surface area contributed by atoms with Crippen LogP contribution in [0, 0.1) is 0 Å². The third-order valence-corrected chi connectivity index (χ3v) is 2.99. The van der Waals surface area contributed by atoms with Crippen LogP contribution in [0.1, 0.15) is 5.56 Å². The third-order valence-electron chi connectivity index (χ3n) is 2.99. The Morgan fingerprint density at radius 3 is 2.33 bits per heavy atom. The highest BCUT2D eigenvalue weighted by Crippen LogP contribution is 2.19. The molecule has 1 aromatic carbocycles. The smallest absolute Gasteiger partial charge is 0.231 e. The van der Waals surface area contributed by atoms with Crippen molar-refractivity contribution in [2.24, 2.45) is 11.5 Å². The number of amides is 2. The van der Waals surface area contributed by atoms with Crippen molar-refractivity contribution in [1.82, 2.24) is 9.88 Å². The monoisotopic (exact) mass is 287 g/mol. The number of hydrogen-bond acceptors (Lipinski definition) is 5. The second kappa shape index (κ2) is 6.19. The summed E-state index contributed by atoms with van der Waals surface area (Å²) >= 11 is 0. The highest BCUT2D eigenvalue weighted by molar-refractivity contribution is 5.82. The van der Waals surface area contributed by atoms with Gasteiger partial charge in [0.25, 0.3) is 0 Å². The first-order valence-electron chi connectivity index (χ1n) is 6.39. The van der Waals surface area contributed by atoms with Crippen LogP contribution in [0.2, 0.25) is 0 Å². The van der Waals surface area contributed by atoms with Crippen molar-refractivity contribution < 1.29 is 9.59 Å². The molecule has 0 atom stereocenters. The van der Waals surface area contributed by atoms with Gasteiger partial charge in [0.1, 0.15) is 5.82 Å². The van der Waals surface area contributed by atoms with Crippen LogP contribution < -0.4 is 17.2 Å². The van der Waals surface area contributed by atoms with Crippen LogP contribution in [0.3, 0.4) is 0 Å². The van der Waals surface area contributed by atoms with Crippen LogP contribution in [0.4, 0.5) is 5.82 Å². The number of hydrogen-bond donors (Lipinski definition) is 3. The maximum Gasteiger partial charge on any atom is 0.231 e. The number of fused-ring (bicyclic) bond motifs is 1. The van der Waals surface area contributed by atoms with Crippen molar-refractivity contribution in [3.05, 3.63) is 35.9 Å². The molecule has 0 fully saturated rings. The molecule has 0 unspecified atom stereocenters. The van der Waals surface area contributed by atoms with E-state index in [9.17, 15) is 9.59 Å². The Balaban J connectivity index is 2.28. The molecule has 7 nitrogen and oxygen atoms in total. The van der Waals surface area contributed by atoms with E-state index in [0.29, 0.717) is 5.82 Å². The summed E-state index contributed by atoms with van der Waals surface area (Å²) in [6, 6.07) is 9.43.